The van der Waals surface area contributed by atoms with Gasteiger partial charge in [0.1, 0.15) is 16.2 Å². The Morgan fingerprint density at radius 1 is 1.25 bits per heavy atom. The Kier molecular flexibility index (Phi) is 4.31. The van der Waals surface area contributed by atoms with Gasteiger partial charge in [0.05, 0.1) is 23.3 Å². The number of hydrogen-bond acceptors (Lipinski definition) is 2. The number of benzene rings is 1. The Bertz CT molecular complexity index is 939. The molecule has 0 bridgehead atoms. The molecule has 0 saturated carbocycles. The SMILES string of the molecule is OCc1c(Cl)ccn2c(-c3cc(C(F)(F)F)ccc3F)nc(Br)c12. The Morgan fingerprint density at radius 3 is 2.58 bits per heavy atom. The smallest absolute Gasteiger partial charge is 0.392 e. The third-order valence-corrected chi connectivity index (χ3v) is 4.41. The fraction of sp³-hybridized carbons (Fsp3) is 0.133. The van der Waals surface area contributed by atoms with Crippen LogP contribution in [0.25, 0.3) is 16.9 Å². The molecule has 0 spiro atoms. The summed E-state index contributed by atoms with van der Waals surface area (Å²) in [5.41, 5.74) is -0.603. The molecule has 1 N–H and O–H groups in total. The van der Waals surface area contributed by atoms with E-state index in [4.69, 9.17) is 11.6 Å². The summed E-state index contributed by atoms with van der Waals surface area (Å²) in [5.74, 6) is -0.880. The van der Waals surface area contributed by atoms with E-state index in [1.807, 2.05) is 0 Å². The van der Waals surface area contributed by atoms with Crippen molar-refractivity contribution >= 4 is 33.0 Å². The van der Waals surface area contributed by atoms with Gasteiger partial charge in [0.2, 0.25) is 0 Å². The van der Waals surface area contributed by atoms with Crippen LogP contribution in [0.15, 0.2) is 35.1 Å². The van der Waals surface area contributed by atoms with E-state index >= 15 is 0 Å². The standard InChI is InChI=1S/C15H8BrClF4N2O/c16-13-12-9(6-24)10(17)3-4-23(12)14(22-13)8-5-7(15(19,20)21)1-2-11(8)18/h1-5,24H,6H2. The number of nitrogens with zero attached hydrogens (tertiary/aromatic N) is 2. The molecular weight excluding hydrogens is 416 g/mol. The minimum Gasteiger partial charge on any atom is -0.392 e. The van der Waals surface area contributed by atoms with E-state index in [0.717, 1.165) is 6.07 Å². The van der Waals surface area contributed by atoms with Crippen LogP contribution < -0.4 is 0 Å². The molecule has 0 fully saturated rings. The molecule has 3 rings (SSSR count). The van der Waals surface area contributed by atoms with Gasteiger partial charge < -0.3 is 5.11 Å². The summed E-state index contributed by atoms with van der Waals surface area (Å²) >= 11 is 9.18. The summed E-state index contributed by atoms with van der Waals surface area (Å²) in [6.45, 7) is -0.405. The zero-order valence-electron chi connectivity index (χ0n) is 11.7. The third kappa shape index (κ3) is 2.78. The zero-order valence-corrected chi connectivity index (χ0v) is 14.0. The number of aromatic nitrogens is 2. The van der Waals surface area contributed by atoms with Crippen LogP contribution in [0.4, 0.5) is 17.6 Å². The van der Waals surface area contributed by atoms with Crippen LogP contribution in [0.5, 0.6) is 0 Å². The summed E-state index contributed by atoms with van der Waals surface area (Å²) < 4.78 is 54.4. The maximum atomic E-state index is 14.1. The minimum atomic E-state index is -4.60. The van der Waals surface area contributed by atoms with Crippen LogP contribution in [0.3, 0.4) is 0 Å². The number of aliphatic hydroxyl groups excluding tert-OH is 1. The van der Waals surface area contributed by atoms with Crippen LogP contribution in [0.2, 0.25) is 5.02 Å². The first-order valence-electron chi connectivity index (χ1n) is 6.57. The average molecular weight is 424 g/mol. The van der Waals surface area contributed by atoms with Crippen molar-refractivity contribution in [3.05, 3.63) is 57.0 Å². The topological polar surface area (TPSA) is 37.5 Å². The number of fused-ring (bicyclic) bond motifs is 1. The van der Waals surface area contributed by atoms with Gasteiger partial charge in [-0.1, -0.05) is 11.6 Å². The van der Waals surface area contributed by atoms with Crippen molar-refractivity contribution in [2.75, 3.05) is 0 Å². The number of pyridine rings is 1. The highest BCUT2D eigenvalue weighted by Crippen LogP contribution is 2.36. The van der Waals surface area contributed by atoms with E-state index in [0.29, 0.717) is 23.2 Å². The highest BCUT2D eigenvalue weighted by Gasteiger charge is 2.32. The lowest BCUT2D eigenvalue weighted by Gasteiger charge is -2.10. The Balaban J connectivity index is 2.32. The van der Waals surface area contributed by atoms with Crippen LogP contribution >= 0.6 is 27.5 Å². The van der Waals surface area contributed by atoms with Crippen molar-refractivity contribution in [1.29, 1.82) is 0 Å². The number of aliphatic hydroxyl groups is 1. The predicted octanol–water partition coefficient (Wildman–Crippen LogP) is 5.07. The van der Waals surface area contributed by atoms with Gasteiger partial charge in [-0.25, -0.2) is 9.37 Å². The maximum Gasteiger partial charge on any atom is 0.416 e. The molecule has 1 aromatic carbocycles. The van der Waals surface area contributed by atoms with E-state index in [-0.39, 0.29) is 21.0 Å². The van der Waals surface area contributed by atoms with Crippen molar-refractivity contribution in [1.82, 2.24) is 9.38 Å². The van der Waals surface area contributed by atoms with Crippen molar-refractivity contribution in [3.63, 3.8) is 0 Å². The first-order chi connectivity index (χ1) is 11.2. The molecule has 9 heteroatoms. The number of imidazole rings is 1. The molecule has 0 aliphatic carbocycles. The zero-order chi connectivity index (χ0) is 17.6. The van der Waals surface area contributed by atoms with Crippen LogP contribution in [-0.2, 0) is 12.8 Å². The molecule has 126 valence electrons. The van der Waals surface area contributed by atoms with E-state index in [2.05, 4.69) is 20.9 Å². The molecule has 2 aromatic heterocycles. The average Bonchev–Trinajstić information content (AvgIpc) is 2.84. The van der Waals surface area contributed by atoms with Gasteiger partial charge in [-0.15, -0.1) is 0 Å². The minimum absolute atomic E-state index is 0.0353. The fourth-order valence-electron chi connectivity index (χ4n) is 2.39. The largest absolute Gasteiger partial charge is 0.416 e. The summed E-state index contributed by atoms with van der Waals surface area (Å²) in [6.07, 6.45) is -3.16. The third-order valence-electron chi connectivity index (χ3n) is 3.51. The summed E-state index contributed by atoms with van der Waals surface area (Å²) in [4.78, 5) is 4.10. The van der Waals surface area contributed by atoms with E-state index in [1.54, 1.807) is 0 Å². The lowest BCUT2D eigenvalue weighted by atomic mass is 10.1. The van der Waals surface area contributed by atoms with E-state index < -0.39 is 24.2 Å². The quantitative estimate of drug-likeness (QED) is 0.585. The van der Waals surface area contributed by atoms with E-state index in [1.165, 1.54) is 16.7 Å². The van der Waals surface area contributed by atoms with Crippen molar-refractivity contribution in [3.8, 4) is 11.4 Å². The summed E-state index contributed by atoms with van der Waals surface area (Å²) in [6, 6.07) is 3.56. The second-order valence-corrected chi connectivity index (χ2v) is 6.10. The number of halogens is 6. The first-order valence-corrected chi connectivity index (χ1v) is 7.74. The molecule has 0 saturated heterocycles. The van der Waals surface area contributed by atoms with Gasteiger partial charge in [-0.05, 0) is 40.2 Å². The highest BCUT2D eigenvalue weighted by atomic mass is 79.9. The van der Waals surface area contributed by atoms with Crippen LogP contribution in [0, 0.1) is 5.82 Å². The van der Waals surface area contributed by atoms with Gasteiger partial charge in [-0.2, -0.15) is 13.2 Å². The molecular formula is C15H8BrClF4N2O. The van der Waals surface area contributed by atoms with Gasteiger partial charge in [0.15, 0.2) is 0 Å². The molecule has 24 heavy (non-hydrogen) atoms. The summed E-state index contributed by atoms with van der Waals surface area (Å²) in [5, 5.41) is 9.72. The van der Waals surface area contributed by atoms with Gasteiger partial charge in [-0.3, -0.25) is 4.40 Å². The van der Waals surface area contributed by atoms with Gasteiger partial charge in [0, 0.05) is 16.8 Å². The van der Waals surface area contributed by atoms with Crippen molar-refractivity contribution < 1.29 is 22.7 Å². The molecule has 3 aromatic rings. The van der Waals surface area contributed by atoms with Crippen LogP contribution in [0.1, 0.15) is 11.1 Å². The first kappa shape index (κ1) is 17.2. The molecule has 0 atom stereocenters. The number of rotatable bonds is 2. The normalized spacial score (nSPS) is 12.1. The second-order valence-electron chi connectivity index (χ2n) is 4.94. The van der Waals surface area contributed by atoms with Crippen molar-refractivity contribution in [2.24, 2.45) is 0 Å². The number of alkyl halides is 3. The Hall–Kier alpha value is -1.64. The molecule has 0 aliphatic rings. The highest BCUT2D eigenvalue weighted by molar-refractivity contribution is 9.10. The molecule has 2 heterocycles. The maximum absolute atomic E-state index is 14.1. The van der Waals surface area contributed by atoms with E-state index in [9.17, 15) is 22.7 Å². The van der Waals surface area contributed by atoms with Gasteiger partial charge >= 0.3 is 6.18 Å². The second kappa shape index (κ2) is 6.02. The monoisotopic (exact) mass is 422 g/mol. The molecule has 0 unspecified atom stereocenters. The van der Waals surface area contributed by atoms with Gasteiger partial charge in [0.25, 0.3) is 0 Å². The lowest BCUT2D eigenvalue weighted by molar-refractivity contribution is -0.137. The van der Waals surface area contributed by atoms with Crippen LogP contribution in [-0.4, -0.2) is 14.5 Å². The Labute approximate surface area is 146 Å². The predicted molar refractivity (Wildman–Crippen MR) is 84.2 cm³/mol. The molecule has 0 amide bonds. The fourth-order valence-corrected chi connectivity index (χ4v) is 3.19. The lowest BCUT2D eigenvalue weighted by Crippen LogP contribution is -2.06. The molecule has 3 nitrogen and oxygen atoms in total. The van der Waals surface area contributed by atoms with Crippen molar-refractivity contribution in [2.45, 2.75) is 12.8 Å². The summed E-state index contributed by atoms with van der Waals surface area (Å²) in [7, 11) is 0. The number of hydrogen-bond donors (Lipinski definition) is 1. The Morgan fingerprint density at radius 2 is 1.96 bits per heavy atom. The molecule has 0 radical (unpaired) electrons. The molecule has 0 aliphatic heterocycles.